The second kappa shape index (κ2) is 10.9. The number of likely N-dealkylation sites (N-methyl/N-ethyl adjacent to an activating group) is 1. The van der Waals surface area contributed by atoms with Crippen molar-refractivity contribution in [3.05, 3.63) is 18.3 Å². The Labute approximate surface area is 217 Å². The second-order valence-corrected chi connectivity index (χ2v) is 12.3. The zero-order valence-corrected chi connectivity index (χ0v) is 22.5. The van der Waals surface area contributed by atoms with Gasteiger partial charge in [0.1, 0.15) is 0 Å². The van der Waals surface area contributed by atoms with E-state index in [0.29, 0.717) is 23.0 Å². The Kier molecular flexibility index (Phi) is 7.68. The highest BCUT2D eigenvalue weighted by Gasteiger charge is 2.34. The number of piperazine rings is 1. The van der Waals surface area contributed by atoms with Crippen molar-refractivity contribution in [2.24, 2.45) is 5.41 Å². The van der Waals surface area contributed by atoms with Gasteiger partial charge in [0.2, 0.25) is 16.2 Å². The lowest BCUT2D eigenvalue weighted by atomic mass is 9.75. The minimum Gasteiger partial charge on any atom is -0.355 e. The second-order valence-electron chi connectivity index (χ2n) is 11.3. The van der Waals surface area contributed by atoms with E-state index in [0.717, 1.165) is 50.1 Å². The quantitative estimate of drug-likeness (QED) is 0.578. The van der Waals surface area contributed by atoms with Crippen molar-refractivity contribution in [1.29, 1.82) is 0 Å². The Balaban J connectivity index is 1.09. The van der Waals surface area contributed by atoms with Gasteiger partial charge in [0.25, 0.3) is 0 Å². The first-order valence-electron chi connectivity index (χ1n) is 13.2. The normalized spacial score (nSPS) is 25.7. The maximum absolute atomic E-state index is 12.9. The average Bonchev–Trinajstić information content (AvgIpc) is 3.51. The molecule has 1 unspecified atom stereocenters. The molecule has 0 radical (unpaired) electrons. The van der Waals surface area contributed by atoms with E-state index >= 15 is 0 Å². The molecule has 1 saturated carbocycles. The molecule has 1 aliphatic carbocycles. The number of aromatic nitrogens is 4. The number of anilines is 3. The zero-order valence-electron chi connectivity index (χ0n) is 21.7. The monoisotopic (exact) mass is 513 g/mol. The van der Waals surface area contributed by atoms with Crippen molar-refractivity contribution in [2.45, 2.75) is 70.5 Å². The molecule has 5 rings (SSSR count). The van der Waals surface area contributed by atoms with E-state index in [2.05, 4.69) is 66.6 Å². The molecular weight excluding hydrogens is 474 g/mol. The molecule has 36 heavy (non-hydrogen) atoms. The van der Waals surface area contributed by atoms with Crippen molar-refractivity contribution in [2.75, 3.05) is 55.3 Å². The largest absolute Gasteiger partial charge is 0.355 e. The Bertz CT molecular complexity index is 1010. The van der Waals surface area contributed by atoms with E-state index in [1.165, 1.54) is 37.0 Å². The minimum atomic E-state index is 0.0101. The molecule has 2 aliphatic heterocycles. The van der Waals surface area contributed by atoms with E-state index in [1.807, 2.05) is 12.1 Å². The molecular formula is C25H39N9OS. The summed E-state index contributed by atoms with van der Waals surface area (Å²) in [6.45, 7) is 9.60. The van der Waals surface area contributed by atoms with Gasteiger partial charge in [-0.15, -0.1) is 15.3 Å². The third-order valence-corrected chi connectivity index (χ3v) is 8.89. The molecule has 10 nitrogen and oxygen atoms in total. The SMILES string of the molecule is CN1CCN(C2CCC(C)(C)CC2)CC1CC(=O)Nc1nnc(N[C@@H]2CCN(c3cccnn3)C2)s1. The summed E-state index contributed by atoms with van der Waals surface area (Å²) in [7, 11) is 2.14. The van der Waals surface area contributed by atoms with Crippen LogP contribution in [-0.2, 0) is 4.79 Å². The topological polar surface area (TPSA) is 102 Å². The van der Waals surface area contributed by atoms with Crippen molar-refractivity contribution in [1.82, 2.24) is 30.2 Å². The van der Waals surface area contributed by atoms with E-state index < -0.39 is 0 Å². The molecule has 0 spiro atoms. The number of amides is 1. The summed E-state index contributed by atoms with van der Waals surface area (Å²) < 4.78 is 0. The van der Waals surface area contributed by atoms with Gasteiger partial charge in [0, 0.05) is 63.5 Å². The van der Waals surface area contributed by atoms with Gasteiger partial charge in [-0.25, -0.2) is 0 Å². The lowest BCUT2D eigenvalue weighted by Gasteiger charge is -2.46. The number of carbonyl (C=O) groups excluding carboxylic acids is 1. The number of nitrogens with zero attached hydrogens (tertiary/aromatic N) is 7. The van der Waals surface area contributed by atoms with Crippen LogP contribution in [0.3, 0.4) is 0 Å². The average molecular weight is 514 g/mol. The van der Waals surface area contributed by atoms with Crippen LogP contribution < -0.4 is 15.5 Å². The molecule has 1 amide bonds. The highest BCUT2D eigenvalue weighted by Crippen LogP contribution is 2.37. The van der Waals surface area contributed by atoms with Crippen LogP contribution in [0.15, 0.2) is 18.3 Å². The van der Waals surface area contributed by atoms with E-state index in [1.54, 1.807) is 6.20 Å². The van der Waals surface area contributed by atoms with Crippen LogP contribution in [0.25, 0.3) is 0 Å². The minimum absolute atomic E-state index is 0.0101. The third kappa shape index (κ3) is 6.30. The first-order chi connectivity index (χ1) is 17.3. The highest BCUT2D eigenvalue weighted by molar-refractivity contribution is 7.19. The maximum Gasteiger partial charge on any atom is 0.227 e. The van der Waals surface area contributed by atoms with Gasteiger partial charge >= 0.3 is 0 Å². The summed E-state index contributed by atoms with van der Waals surface area (Å²) in [5.74, 6) is 0.904. The van der Waals surface area contributed by atoms with E-state index in [-0.39, 0.29) is 18.0 Å². The highest BCUT2D eigenvalue weighted by atomic mass is 32.1. The summed E-state index contributed by atoms with van der Waals surface area (Å²) in [5.41, 5.74) is 0.478. The molecule has 196 valence electrons. The summed E-state index contributed by atoms with van der Waals surface area (Å²) in [6.07, 6.45) is 8.28. The standard InChI is InChI=1S/C25H39N9OS/c1-25(2)9-6-19(7-10-25)33-14-13-32(3)20(17-33)15-22(35)28-24-31-30-23(36-24)27-18-8-12-34(16-18)21-5-4-11-26-29-21/h4-5,11,18-20H,6-10,12-17H2,1-3H3,(H,27,30)(H,28,31,35)/t18-,20?/m1/s1. The predicted octanol–water partition coefficient (Wildman–Crippen LogP) is 2.93. The fourth-order valence-corrected chi connectivity index (χ4v) is 6.45. The first kappa shape index (κ1) is 25.3. The Morgan fingerprint density at radius 3 is 2.67 bits per heavy atom. The van der Waals surface area contributed by atoms with Gasteiger partial charge in [-0.05, 0) is 56.7 Å². The lowest BCUT2D eigenvalue weighted by Crippen LogP contribution is -2.56. The lowest BCUT2D eigenvalue weighted by molar-refractivity contribution is -0.118. The number of nitrogens with one attached hydrogen (secondary N) is 2. The molecule has 2 N–H and O–H groups in total. The predicted molar refractivity (Wildman–Crippen MR) is 143 cm³/mol. The molecule has 0 bridgehead atoms. The van der Waals surface area contributed by atoms with Gasteiger partial charge in [0.15, 0.2) is 5.82 Å². The maximum atomic E-state index is 12.9. The number of hydrogen-bond donors (Lipinski definition) is 2. The van der Waals surface area contributed by atoms with Crippen molar-refractivity contribution in [3.8, 4) is 0 Å². The van der Waals surface area contributed by atoms with Crippen LogP contribution in [0.1, 0.15) is 52.4 Å². The van der Waals surface area contributed by atoms with Crippen LogP contribution in [0.2, 0.25) is 0 Å². The Morgan fingerprint density at radius 1 is 1.08 bits per heavy atom. The summed E-state index contributed by atoms with van der Waals surface area (Å²) in [6, 6.07) is 5.03. The van der Waals surface area contributed by atoms with Crippen molar-refractivity contribution >= 4 is 33.3 Å². The molecule has 2 saturated heterocycles. The van der Waals surface area contributed by atoms with Crippen LogP contribution in [0.4, 0.5) is 16.1 Å². The smallest absolute Gasteiger partial charge is 0.227 e. The van der Waals surface area contributed by atoms with Gasteiger partial charge in [-0.3, -0.25) is 9.69 Å². The van der Waals surface area contributed by atoms with Gasteiger partial charge < -0.3 is 20.4 Å². The molecule has 2 aromatic rings. The summed E-state index contributed by atoms with van der Waals surface area (Å²) in [5, 5.41) is 24.4. The van der Waals surface area contributed by atoms with Gasteiger partial charge in [-0.2, -0.15) is 5.10 Å². The van der Waals surface area contributed by atoms with E-state index in [4.69, 9.17) is 0 Å². The summed E-state index contributed by atoms with van der Waals surface area (Å²) in [4.78, 5) is 20.1. The van der Waals surface area contributed by atoms with Crippen LogP contribution >= 0.6 is 11.3 Å². The third-order valence-electron chi connectivity index (χ3n) is 8.12. The first-order valence-corrected chi connectivity index (χ1v) is 14.0. The van der Waals surface area contributed by atoms with Crippen molar-refractivity contribution in [3.63, 3.8) is 0 Å². The number of carbonyl (C=O) groups is 1. The Morgan fingerprint density at radius 2 is 1.89 bits per heavy atom. The molecule has 2 atom stereocenters. The molecule has 4 heterocycles. The molecule has 0 aromatic carbocycles. The van der Waals surface area contributed by atoms with Crippen molar-refractivity contribution < 1.29 is 4.79 Å². The van der Waals surface area contributed by atoms with Gasteiger partial charge in [-0.1, -0.05) is 25.2 Å². The molecule has 3 aliphatic rings. The molecule has 3 fully saturated rings. The summed E-state index contributed by atoms with van der Waals surface area (Å²) >= 11 is 1.40. The number of hydrogen-bond acceptors (Lipinski definition) is 10. The molecule has 2 aromatic heterocycles. The fourth-order valence-electron chi connectivity index (χ4n) is 5.71. The van der Waals surface area contributed by atoms with E-state index in [9.17, 15) is 4.79 Å². The molecule has 11 heteroatoms. The van der Waals surface area contributed by atoms with Crippen LogP contribution in [0, 0.1) is 5.41 Å². The van der Waals surface area contributed by atoms with Crippen LogP contribution in [-0.4, -0.2) is 94.0 Å². The number of rotatable bonds is 7. The zero-order chi connectivity index (χ0) is 25.1. The Hall–Kier alpha value is -2.37. The van der Waals surface area contributed by atoms with Crippen LogP contribution in [0.5, 0.6) is 0 Å². The van der Waals surface area contributed by atoms with Gasteiger partial charge in [0.05, 0.1) is 0 Å². The fraction of sp³-hybridized carbons (Fsp3) is 0.720.